The molecule has 0 aromatic rings. The molecule has 0 rings (SSSR count). The van der Waals surface area contributed by atoms with Crippen molar-refractivity contribution < 1.29 is 19.7 Å². The third-order valence-corrected chi connectivity index (χ3v) is 1.39. The molecular weight excluding hydrogens is 176 g/mol. The molecule has 0 atom stereocenters. The fourth-order valence-corrected chi connectivity index (χ4v) is 0.802. The summed E-state index contributed by atoms with van der Waals surface area (Å²) in [6.07, 6.45) is 0. The monoisotopic (exact) mass is 192 g/mol. The number of nitrogens with zero attached hydrogens (tertiary/aromatic N) is 1. The molecule has 0 fully saturated rings. The molecule has 0 saturated heterocycles. The van der Waals surface area contributed by atoms with Crippen LogP contribution in [-0.2, 0) is 4.74 Å². The van der Waals surface area contributed by atoms with Crippen LogP contribution in [0.2, 0.25) is 0 Å². The molecule has 0 aromatic heterocycles. The average molecular weight is 192 g/mol. The minimum atomic E-state index is -0.357. The second-order valence-electron chi connectivity index (χ2n) is 2.35. The Bertz CT molecular complexity index is 136. The summed E-state index contributed by atoms with van der Waals surface area (Å²) in [6, 6.07) is -0.357. The maximum Gasteiger partial charge on any atom is 0.319 e. The topological polar surface area (TPSA) is 82.0 Å². The van der Waals surface area contributed by atoms with Gasteiger partial charge >= 0.3 is 6.03 Å². The van der Waals surface area contributed by atoms with Crippen LogP contribution in [0.3, 0.4) is 0 Å². The van der Waals surface area contributed by atoms with Gasteiger partial charge in [0.15, 0.2) is 0 Å². The summed E-state index contributed by atoms with van der Waals surface area (Å²) in [4.78, 5) is 12.5. The standard InChI is InChI=1S/C7H16N2O4/c1-13-6-8-7(12)9(2-4-10)3-5-11/h10-11H,2-6H2,1H3,(H,8,12). The largest absolute Gasteiger partial charge is 0.395 e. The van der Waals surface area contributed by atoms with Gasteiger partial charge in [0.05, 0.1) is 13.2 Å². The summed E-state index contributed by atoms with van der Waals surface area (Å²) in [5, 5.41) is 19.7. The molecule has 2 amide bonds. The van der Waals surface area contributed by atoms with E-state index in [-0.39, 0.29) is 39.1 Å². The quantitative estimate of drug-likeness (QED) is 0.451. The molecule has 0 heterocycles. The van der Waals surface area contributed by atoms with Gasteiger partial charge in [-0.3, -0.25) is 0 Å². The van der Waals surface area contributed by atoms with Crippen LogP contribution < -0.4 is 5.32 Å². The number of aliphatic hydroxyl groups excluding tert-OH is 2. The van der Waals surface area contributed by atoms with Crippen molar-refractivity contribution in [3.8, 4) is 0 Å². The second kappa shape index (κ2) is 7.78. The summed E-state index contributed by atoms with van der Waals surface area (Å²) < 4.78 is 4.64. The van der Waals surface area contributed by atoms with Crippen molar-refractivity contribution in [2.45, 2.75) is 0 Å². The molecule has 0 aliphatic heterocycles. The number of ether oxygens (including phenoxy) is 1. The van der Waals surface area contributed by atoms with Crippen LogP contribution in [0.25, 0.3) is 0 Å². The highest BCUT2D eigenvalue weighted by Gasteiger charge is 2.10. The number of methoxy groups -OCH3 is 1. The summed E-state index contributed by atoms with van der Waals surface area (Å²) in [6.45, 7) is 0.277. The Labute approximate surface area is 77.1 Å². The number of hydrogen-bond donors (Lipinski definition) is 3. The lowest BCUT2D eigenvalue weighted by molar-refractivity contribution is 0.135. The number of aliphatic hydroxyl groups is 2. The number of carbonyl (C=O) groups excluding carboxylic acids is 1. The molecule has 0 aliphatic rings. The average Bonchev–Trinajstić information content (AvgIpc) is 2.14. The van der Waals surface area contributed by atoms with E-state index in [4.69, 9.17) is 10.2 Å². The van der Waals surface area contributed by atoms with E-state index in [0.717, 1.165) is 0 Å². The first-order valence-electron chi connectivity index (χ1n) is 3.99. The molecule has 0 spiro atoms. The summed E-state index contributed by atoms with van der Waals surface area (Å²) in [5.74, 6) is 0. The first-order valence-corrected chi connectivity index (χ1v) is 3.99. The Kier molecular flexibility index (Phi) is 7.27. The van der Waals surface area contributed by atoms with Crippen LogP contribution in [0.4, 0.5) is 4.79 Å². The lowest BCUT2D eigenvalue weighted by atomic mass is 10.5. The van der Waals surface area contributed by atoms with Gasteiger partial charge in [-0.05, 0) is 0 Å². The molecular formula is C7H16N2O4. The number of hydrogen-bond acceptors (Lipinski definition) is 4. The van der Waals surface area contributed by atoms with Gasteiger partial charge in [0.25, 0.3) is 0 Å². The number of nitrogens with one attached hydrogen (secondary N) is 1. The van der Waals surface area contributed by atoms with Gasteiger partial charge in [-0.2, -0.15) is 0 Å². The predicted octanol–water partition coefficient (Wildman–Crippen LogP) is -1.41. The highest BCUT2D eigenvalue weighted by atomic mass is 16.5. The van der Waals surface area contributed by atoms with Gasteiger partial charge < -0.3 is 25.2 Å². The molecule has 0 bridgehead atoms. The second-order valence-corrected chi connectivity index (χ2v) is 2.35. The minimum absolute atomic E-state index is 0.117. The number of rotatable bonds is 6. The maximum absolute atomic E-state index is 11.2. The van der Waals surface area contributed by atoms with Crippen LogP contribution in [0, 0.1) is 0 Å². The molecule has 0 radical (unpaired) electrons. The van der Waals surface area contributed by atoms with E-state index in [9.17, 15) is 4.79 Å². The van der Waals surface area contributed by atoms with Crippen molar-refractivity contribution in [2.75, 3.05) is 40.1 Å². The van der Waals surface area contributed by atoms with E-state index in [1.165, 1.54) is 12.0 Å². The lowest BCUT2D eigenvalue weighted by Gasteiger charge is -2.20. The van der Waals surface area contributed by atoms with Crippen LogP contribution in [0.5, 0.6) is 0 Å². The third kappa shape index (κ3) is 5.40. The first kappa shape index (κ1) is 12.2. The van der Waals surface area contributed by atoms with Gasteiger partial charge in [-0.15, -0.1) is 0 Å². The summed E-state index contributed by atoms with van der Waals surface area (Å²) in [5.41, 5.74) is 0. The number of urea groups is 1. The number of carbonyl (C=O) groups is 1. The van der Waals surface area contributed by atoms with E-state index in [1.807, 2.05) is 0 Å². The smallest absolute Gasteiger partial charge is 0.319 e. The van der Waals surface area contributed by atoms with Crippen molar-refractivity contribution in [1.82, 2.24) is 10.2 Å². The highest BCUT2D eigenvalue weighted by Crippen LogP contribution is 1.87. The predicted molar refractivity (Wildman–Crippen MR) is 46.2 cm³/mol. The van der Waals surface area contributed by atoms with E-state index < -0.39 is 0 Å². The zero-order valence-electron chi connectivity index (χ0n) is 7.69. The van der Waals surface area contributed by atoms with Crippen LogP contribution in [-0.4, -0.2) is 61.3 Å². The zero-order valence-corrected chi connectivity index (χ0v) is 7.69. The molecule has 0 aliphatic carbocycles. The zero-order chi connectivity index (χ0) is 10.1. The van der Waals surface area contributed by atoms with E-state index >= 15 is 0 Å². The minimum Gasteiger partial charge on any atom is -0.395 e. The van der Waals surface area contributed by atoms with Gasteiger partial charge in [0.1, 0.15) is 6.73 Å². The van der Waals surface area contributed by atoms with Gasteiger partial charge in [0, 0.05) is 20.2 Å². The summed E-state index contributed by atoms with van der Waals surface area (Å²) >= 11 is 0. The Morgan fingerprint density at radius 1 is 1.38 bits per heavy atom. The number of amides is 2. The van der Waals surface area contributed by atoms with Crippen molar-refractivity contribution in [3.63, 3.8) is 0 Å². The van der Waals surface area contributed by atoms with Gasteiger partial charge in [0.2, 0.25) is 0 Å². The Morgan fingerprint density at radius 3 is 2.31 bits per heavy atom. The Balaban J connectivity index is 3.80. The van der Waals surface area contributed by atoms with Crippen molar-refractivity contribution in [3.05, 3.63) is 0 Å². The SMILES string of the molecule is COCNC(=O)N(CCO)CCO. The molecule has 78 valence electrons. The van der Waals surface area contributed by atoms with E-state index in [0.29, 0.717) is 0 Å². The van der Waals surface area contributed by atoms with Crippen LogP contribution in [0.15, 0.2) is 0 Å². The fraction of sp³-hybridized carbons (Fsp3) is 0.857. The third-order valence-electron chi connectivity index (χ3n) is 1.39. The molecule has 3 N–H and O–H groups in total. The normalized spacial score (nSPS) is 9.77. The van der Waals surface area contributed by atoms with Crippen LogP contribution >= 0.6 is 0 Å². The maximum atomic E-state index is 11.2. The Morgan fingerprint density at radius 2 is 1.92 bits per heavy atom. The van der Waals surface area contributed by atoms with Crippen molar-refractivity contribution in [1.29, 1.82) is 0 Å². The molecule has 13 heavy (non-hydrogen) atoms. The van der Waals surface area contributed by atoms with E-state index in [1.54, 1.807) is 0 Å². The molecule has 6 heteroatoms. The highest BCUT2D eigenvalue weighted by molar-refractivity contribution is 5.73. The first-order chi connectivity index (χ1) is 6.26. The summed E-state index contributed by atoms with van der Waals surface area (Å²) in [7, 11) is 1.46. The van der Waals surface area contributed by atoms with Crippen molar-refractivity contribution >= 4 is 6.03 Å². The Hall–Kier alpha value is -0.850. The molecule has 6 nitrogen and oxygen atoms in total. The van der Waals surface area contributed by atoms with Gasteiger partial charge in [-0.1, -0.05) is 0 Å². The molecule has 0 saturated carbocycles. The molecule has 0 aromatic carbocycles. The van der Waals surface area contributed by atoms with Gasteiger partial charge in [-0.25, -0.2) is 4.79 Å². The van der Waals surface area contributed by atoms with E-state index in [2.05, 4.69) is 10.1 Å². The van der Waals surface area contributed by atoms with Crippen LogP contribution in [0.1, 0.15) is 0 Å². The van der Waals surface area contributed by atoms with Crippen molar-refractivity contribution in [2.24, 2.45) is 0 Å². The fourth-order valence-electron chi connectivity index (χ4n) is 0.802. The molecule has 0 unspecified atom stereocenters. The lowest BCUT2D eigenvalue weighted by Crippen LogP contribution is -2.43.